The maximum absolute atomic E-state index is 4.50. The van der Waals surface area contributed by atoms with E-state index in [2.05, 4.69) is 23.3 Å². The van der Waals surface area contributed by atoms with Crippen molar-refractivity contribution < 1.29 is 9.47 Å². The van der Waals surface area contributed by atoms with Crippen LogP contribution in [-0.4, -0.2) is 26.4 Å². The summed E-state index contributed by atoms with van der Waals surface area (Å²) in [7, 11) is 0. The van der Waals surface area contributed by atoms with Crippen molar-refractivity contribution in [1.82, 2.24) is 0 Å². The Morgan fingerprint density at radius 1 is 0.818 bits per heavy atom. The van der Waals surface area contributed by atoms with E-state index in [0.29, 0.717) is 0 Å². The maximum atomic E-state index is 4.50. The molecule has 0 atom stereocenters. The Morgan fingerprint density at radius 2 is 0.909 bits per heavy atom. The van der Waals surface area contributed by atoms with E-state index < -0.39 is 0 Å². The molecule has 2 rings (SSSR count). The number of hydrogen-bond acceptors (Lipinski definition) is 2. The Bertz CT molecular complexity index is 31.3. The highest BCUT2D eigenvalue weighted by molar-refractivity contribution is 4.37. The van der Waals surface area contributed by atoms with Crippen molar-refractivity contribution in [3.05, 3.63) is 0 Å². The molecule has 0 aromatic rings. The molecule has 11 heavy (non-hydrogen) atoms. The van der Waals surface area contributed by atoms with Gasteiger partial charge >= 0.3 is 0 Å². The smallest absolute Gasteiger partial charge is 0.0701 e. The van der Waals surface area contributed by atoms with Crippen molar-refractivity contribution in [2.75, 3.05) is 26.4 Å². The number of epoxide rings is 2. The third kappa shape index (κ3) is 169. The predicted octanol–water partition coefficient (Wildman–Crippen LogP) is 2.72. The molecule has 2 heterocycles. The Kier molecular flexibility index (Phi) is 25.7. The zero-order valence-corrected chi connectivity index (χ0v) is 6.35. The molecule has 2 fully saturated rings. The van der Waals surface area contributed by atoms with Crippen LogP contribution in [0.15, 0.2) is 0 Å². The molecule has 0 radical (unpaired) electrons. The Hall–Kier alpha value is -0.0800. The SMILES string of the molecule is C.C.C1CO1.C1CO1.CCC. The molecule has 0 unspecified atom stereocenters. The van der Waals surface area contributed by atoms with Gasteiger partial charge in [-0.05, 0) is 0 Å². The summed E-state index contributed by atoms with van der Waals surface area (Å²) in [5.41, 5.74) is 0. The first-order chi connectivity index (χ1) is 4.41. The third-order valence-corrected chi connectivity index (χ3v) is 0.408. The van der Waals surface area contributed by atoms with Crippen LogP contribution < -0.4 is 0 Å². The van der Waals surface area contributed by atoms with Gasteiger partial charge in [0.25, 0.3) is 0 Å². The molecule has 2 aliphatic rings. The first-order valence-corrected chi connectivity index (χ1v) is 3.57. The monoisotopic (exact) mass is 164 g/mol. The van der Waals surface area contributed by atoms with Crippen molar-refractivity contribution in [1.29, 1.82) is 0 Å². The second kappa shape index (κ2) is 16.5. The van der Waals surface area contributed by atoms with Gasteiger partial charge in [-0.2, -0.15) is 0 Å². The number of hydrogen-bond donors (Lipinski definition) is 0. The summed E-state index contributed by atoms with van der Waals surface area (Å²) in [6.07, 6.45) is 1.25. The summed E-state index contributed by atoms with van der Waals surface area (Å²) in [5, 5.41) is 0. The van der Waals surface area contributed by atoms with E-state index in [1.54, 1.807) is 0 Å². The molecule has 0 aromatic carbocycles. The van der Waals surface area contributed by atoms with Crippen LogP contribution in [0.25, 0.3) is 0 Å². The van der Waals surface area contributed by atoms with E-state index in [1.165, 1.54) is 6.42 Å². The molecule has 72 valence electrons. The lowest BCUT2D eigenvalue weighted by Crippen LogP contribution is -1.27. The minimum absolute atomic E-state index is 0. The molecule has 0 N–H and O–H groups in total. The fourth-order valence-corrected chi connectivity index (χ4v) is 0. The van der Waals surface area contributed by atoms with Crippen molar-refractivity contribution in [2.24, 2.45) is 0 Å². The first kappa shape index (κ1) is 17.1. The summed E-state index contributed by atoms with van der Waals surface area (Å²) in [6, 6.07) is 0. The molecule has 0 aliphatic carbocycles. The topological polar surface area (TPSA) is 25.1 Å². The summed E-state index contributed by atoms with van der Waals surface area (Å²) < 4.78 is 9.00. The van der Waals surface area contributed by atoms with Gasteiger partial charge < -0.3 is 9.47 Å². The summed E-state index contributed by atoms with van der Waals surface area (Å²) in [6.45, 7) is 8.25. The average Bonchev–Trinajstić information content (AvgIpc) is 2.66. The third-order valence-electron chi connectivity index (χ3n) is 0.408. The van der Waals surface area contributed by atoms with Crippen LogP contribution in [0.1, 0.15) is 35.1 Å². The molecule has 2 heteroatoms. The molecular weight excluding hydrogens is 140 g/mol. The highest BCUT2D eigenvalue weighted by Gasteiger charge is 1.94. The van der Waals surface area contributed by atoms with Gasteiger partial charge in [-0.15, -0.1) is 0 Å². The van der Waals surface area contributed by atoms with Crippen LogP contribution in [0.4, 0.5) is 0 Å². The van der Waals surface area contributed by atoms with Crippen LogP contribution in [0.3, 0.4) is 0 Å². The van der Waals surface area contributed by atoms with Crippen LogP contribution in [0, 0.1) is 0 Å². The summed E-state index contributed by atoms with van der Waals surface area (Å²) >= 11 is 0. The van der Waals surface area contributed by atoms with Crippen molar-refractivity contribution >= 4 is 0 Å². The van der Waals surface area contributed by atoms with Gasteiger partial charge in [-0.1, -0.05) is 35.1 Å². The second-order valence-electron chi connectivity index (χ2n) is 1.93. The highest BCUT2D eigenvalue weighted by Crippen LogP contribution is 1.85. The van der Waals surface area contributed by atoms with E-state index in [9.17, 15) is 0 Å². The van der Waals surface area contributed by atoms with Gasteiger partial charge in [-0.25, -0.2) is 0 Å². The fourth-order valence-electron chi connectivity index (χ4n) is 0. The lowest BCUT2D eigenvalue weighted by molar-refractivity contribution is 0.475. The van der Waals surface area contributed by atoms with Crippen LogP contribution in [-0.2, 0) is 9.47 Å². The quantitative estimate of drug-likeness (QED) is 0.514. The zero-order chi connectivity index (χ0) is 6.95. The molecule has 2 nitrogen and oxygen atoms in total. The molecule has 0 amide bonds. The van der Waals surface area contributed by atoms with Gasteiger partial charge in [0.15, 0.2) is 0 Å². The molecule has 0 saturated carbocycles. The fraction of sp³-hybridized carbons (Fsp3) is 1.00. The van der Waals surface area contributed by atoms with Crippen LogP contribution in [0.5, 0.6) is 0 Å². The lowest BCUT2D eigenvalue weighted by atomic mass is 10.6. The van der Waals surface area contributed by atoms with Gasteiger partial charge in [0, 0.05) is 0 Å². The van der Waals surface area contributed by atoms with Crippen molar-refractivity contribution in [3.8, 4) is 0 Å². The minimum Gasteiger partial charge on any atom is -0.377 e. The Balaban J connectivity index is -0.0000000800. The van der Waals surface area contributed by atoms with E-state index in [4.69, 9.17) is 0 Å². The van der Waals surface area contributed by atoms with E-state index >= 15 is 0 Å². The lowest BCUT2D eigenvalue weighted by Gasteiger charge is -1.48. The Morgan fingerprint density at radius 3 is 0.909 bits per heavy atom. The normalized spacial score (nSPS) is 14.7. The molecule has 0 aromatic heterocycles. The minimum atomic E-state index is 0. The first-order valence-electron chi connectivity index (χ1n) is 3.57. The zero-order valence-electron chi connectivity index (χ0n) is 6.35. The van der Waals surface area contributed by atoms with Crippen LogP contribution >= 0.6 is 0 Å². The molecule has 0 bridgehead atoms. The molecular formula is C9H24O2. The van der Waals surface area contributed by atoms with Gasteiger partial charge in [0.05, 0.1) is 26.4 Å². The second-order valence-corrected chi connectivity index (χ2v) is 1.93. The highest BCUT2D eigenvalue weighted by atomic mass is 16.6. The van der Waals surface area contributed by atoms with Crippen molar-refractivity contribution in [2.45, 2.75) is 35.1 Å². The largest absolute Gasteiger partial charge is 0.377 e. The summed E-state index contributed by atoms with van der Waals surface area (Å²) in [4.78, 5) is 0. The van der Waals surface area contributed by atoms with Crippen LogP contribution in [0.2, 0.25) is 0 Å². The summed E-state index contributed by atoms with van der Waals surface area (Å²) in [5.74, 6) is 0. The molecule has 2 saturated heterocycles. The van der Waals surface area contributed by atoms with Gasteiger partial charge in [0.2, 0.25) is 0 Å². The van der Waals surface area contributed by atoms with E-state index in [-0.39, 0.29) is 14.9 Å². The van der Waals surface area contributed by atoms with Gasteiger partial charge in [0.1, 0.15) is 0 Å². The number of rotatable bonds is 0. The van der Waals surface area contributed by atoms with E-state index in [0.717, 1.165) is 26.4 Å². The van der Waals surface area contributed by atoms with Gasteiger partial charge in [-0.3, -0.25) is 0 Å². The average molecular weight is 164 g/mol. The molecule has 2 aliphatic heterocycles. The maximum Gasteiger partial charge on any atom is 0.0701 e. The Labute approximate surface area is 71.9 Å². The standard InChI is InChI=1S/C3H8.2C2H4O.2CH4/c1-3-2;2*1-2-3-1;;/h3H2,1-2H3;2*1-2H2;2*1H4. The predicted molar refractivity (Wildman–Crippen MR) is 51.1 cm³/mol. The van der Waals surface area contributed by atoms with E-state index in [1.807, 2.05) is 0 Å². The molecule has 0 spiro atoms. The van der Waals surface area contributed by atoms with Crippen molar-refractivity contribution in [3.63, 3.8) is 0 Å². The number of ether oxygens (including phenoxy) is 2.